The first-order valence-electron chi connectivity index (χ1n) is 9.79. The van der Waals surface area contributed by atoms with Gasteiger partial charge < -0.3 is 24.4 Å². The maximum absolute atomic E-state index is 15.0. The number of carbonyl (C=O) groups excluding carboxylic acids is 1. The summed E-state index contributed by atoms with van der Waals surface area (Å²) in [6.45, 7) is -0.308. The fourth-order valence-corrected chi connectivity index (χ4v) is 5.15. The average molecular weight is 539 g/mol. The number of hydrogen-bond donors (Lipinski definition) is 1. The molecule has 0 saturated carbocycles. The molecule has 36 heavy (non-hydrogen) atoms. The van der Waals surface area contributed by atoms with Crippen molar-refractivity contribution in [2.75, 3.05) is 7.11 Å². The standard InChI is InChI=1S/C22H13F2N3O6S2.Na/c1-32-14-4-11(24)13(27-20(28)17-12(26-22(27)31)7-34-19(17)21(29)30)5-15(14)33-6-9-10(23)2-3-16-18(9)25-8-35-16;/h2-5,7-8H,6H2,1H3,(H,26,31)(H,29,30);/q;+1/p-1. The van der Waals surface area contributed by atoms with Crippen molar-refractivity contribution < 1.29 is 57.7 Å². The Bertz CT molecular complexity index is 1760. The van der Waals surface area contributed by atoms with Crippen LogP contribution in [0.15, 0.2) is 44.7 Å². The zero-order valence-corrected chi connectivity index (χ0v) is 22.2. The third-order valence-corrected chi connectivity index (χ3v) is 6.99. The number of H-pyrrole nitrogens is 1. The van der Waals surface area contributed by atoms with Gasteiger partial charge in [-0.2, -0.15) is 0 Å². The first kappa shape index (κ1) is 26.0. The molecule has 178 valence electrons. The minimum Gasteiger partial charge on any atom is -0.544 e. The summed E-state index contributed by atoms with van der Waals surface area (Å²) in [6, 6.07) is 4.80. The zero-order valence-electron chi connectivity index (χ0n) is 18.6. The van der Waals surface area contributed by atoms with Crippen LogP contribution in [0.25, 0.3) is 26.8 Å². The Kier molecular flexibility index (Phi) is 7.29. The number of halogens is 2. The van der Waals surface area contributed by atoms with Crippen LogP contribution >= 0.6 is 22.7 Å². The number of hydrogen-bond acceptors (Lipinski definition) is 9. The minimum atomic E-state index is -1.61. The van der Waals surface area contributed by atoms with Gasteiger partial charge in [-0.25, -0.2) is 23.1 Å². The van der Waals surface area contributed by atoms with Gasteiger partial charge in [0, 0.05) is 17.5 Å². The van der Waals surface area contributed by atoms with Crippen molar-refractivity contribution >= 4 is 49.8 Å². The van der Waals surface area contributed by atoms with E-state index in [1.165, 1.54) is 29.9 Å². The summed E-state index contributed by atoms with van der Waals surface area (Å²) in [5.74, 6) is -3.35. The molecule has 1 N–H and O–H groups in total. The number of carboxylic acids is 1. The summed E-state index contributed by atoms with van der Waals surface area (Å²) in [6.07, 6.45) is 0. The third-order valence-electron chi connectivity index (χ3n) is 5.23. The van der Waals surface area contributed by atoms with E-state index in [9.17, 15) is 28.3 Å². The zero-order chi connectivity index (χ0) is 24.9. The van der Waals surface area contributed by atoms with E-state index in [1.54, 1.807) is 11.6 Å². The maximum atomic E-state index is 15.0. The number of carbonyl (C=O) groups is 1. The van der Waals surface area contributed by atoms with Crippen molar-refractivity contribution in [3.63, 3.8) is 0 Å². The molecule has 3 aromatic heterocycles. The largest absolute Gasteiger partial charge is 1.00 e. The van der Waals surface area contributed by atoms with E-state index in [-0.39, 0.29) is 64.1 Å². The van der Waals surface area contributed by atoms with Gasteiger partial charge in [0.25, 0.3) is 5.56 Å². The maximum Gasteiger partial charge on any atom is 1.00 e. The molecule has 0 saturated heterocycles. The number of benzene rings is 2. The van der Waals surface area contributed by atoms with Gasteiger partial charge in [0.05, 0.1) is 55.8 Å². The number of ether oxygens (including phenoxy) is 2. The Balaban J connectivity index is 0.00000304. The van der Waals surface area contributed by atoms with Gasteiger partial charge in [-0.15, -0.1) is 22.7 Å². The molecule has 0 atom stereocenters. The van der Waals surface area contributed by atoms with Gasteiger partial charge in [-0.1, -0.05) is 0 Å². The summed E-state index contributed by atoms with van der Waals surface area (Å²) >= 11 is 2.02. The monoisotopic (exact) mass is 539 g/mol. The van der Waals surface area contributed by atoms with E-state index in [4.69, 9.17) is 9.47 Å². The molecule has 3 heterocycles. The molecule has 0 unspecified atom stereocenters. The summed E-state index contributed by atoms with van der Waals surface area (Å²) in [7, 11) is 1.26. The number of rotatable bonds is 6. The van der Waals surface area contributed by atoms with Gasteiger partial charge in [-0.3, -0.25) is 4.79 Å². The van der Waals surface area contributed by atoms with Crippen LogP contribution in [0, 0.1) is 11.6 Å². The molecule has 0 aliphatic rings. The Labute approximate surface area is 229 Å². The molecule has 5 rings (SSSR count). The molecule has 0 radical (unpaired) electrons. The molecule has 0 spiro atoms. The molecule has 2 aromatic carbocycles. The first-order chi connectivity index (χ1) is 16.8. The number of fused-ring (bicyclic) bond motifs is 2. The molecule has 9 nitrogen and oxygen atoms in total. The molecule has 0 aliphatic heterocycles. The quantitative estimate of drug-likeness (QED) is 0.291. The van der Waals surface area contributed by atoms with Crippen molar-refractivity contribution in [1.82, 2.24) is 14.5 Å². The second-order valence-corrected chi connectivity index (χ2v) is 8.95. The molecule has 0 bridgehead atoms. The van der Waals surface area contributed by atoms with Gasteiger partial charge in [0.15, 0.2) is 17.3 Å². The minimum absolute atomic E-state index is 0. The number of thiazole rings is 1. The van der Waals surface area contributed by atoms with E-state index >= 15 is 0 Å². The van der Waals surface area contributed by atoms with Crippen molar-refractivity contribution in [3.8, 4) is 17.2 Å². The molecule has 0 amide bonds. The summed E-state index contributed by atoms with van der Waals surface area (Å²) < 4.78 is 41.5. The van der Waals surface area contributed by atoms with Crippen LogP contribution in [-0.2, 0) is 6.61 Å². The van der Waals surface area contributed by atoms with Crippen LogP contribution in [0.2, 0.25) is 0 Å². The van der Waals surface area contributed by atoms with Crippen LogP contribution < -0.4 is 55.4 Å². The van der Waals surface area contributed by atoms with Gasteiger partial charge in [0.1, 0.15) is 12.4 Å². The smallest absolute Gasteiger partial charge is 0.544 e. The number of methoxy groups -OCH3 is 1. The van der Waals surface area contributed by atoms with Crippen LogP contribution in [-0.4, -0.2) is 27.6 Å². The van der Waals surface area contributed by atoms with Crippen LogP contribution in [0.4, 0.5) is 8.78 Å². The van der Waals surface area contributed by atoms with Crippen molar-refractivity contribution in [2.24, 2.45) is 0 Å². The van der Waals surface area contributed by atoms with E-state index in [0.717, 1.165) is 16.8 Å². The Morgan fingerprint density at radius 3 is 2.67 bits per heavy atom. The second-order valence-electron chi connectivity index (χ2n) is 7.18. The number of aromatic carboxylic acids is 1. The second kappa shape index (κ2) is 10.1. The molecular weight excluding hydrogens is 527 g/mol. The molecule has 5 aromatic rings. The fourth-order valence-electron chi connectivity index (χ4n) is 3.62. The van der Waals surface area contributed by atoms with Crippen LogP contribution in [0.1, 0.15) is 15.2 Å². The normalized spacial score (nSPS) is 11.0. The summed E-state index contributed by atoms with van der Waals surface area (Å²) in [4.78, 5) is 43.2. The van der Waals surface area contributed by atoms with Gasteiger partial charge >= 0.3 is 35.2 Å². The molecule has 0 fully saturated rings. The predicted molar refractivity (Wildman–Crippen MR) is 123 cm³/mol. The van der Waals surface area contributed by atoms with Crippen molar-refractivity contribution in [2.45, 2.75) is 6.61 Å². The summed E-state index contributed by atoms with van der Waals surface area (Å²) in [5, 5.41) is 12.3. The van der Waals surface area contributed by atoms with Crippen molar-refractivity contribution in [3.05, 3.63) is 78.1 Å². The Morgan fingerprint density at radius 1 is 1.17 bits per heavy atom. The molecule has 14 heteroatoms. The number of nitrogens with zero attached hydrogens (tertiary/aromatic N) is 2. The number of aromatic nitrogens is 3. The fraction of sp³-hybridized carbons (Fsp3) is 0.0909. The van der Waals surface area contributed by atoms with E-state index in [2.05, 4.69) is 9.97 Å². The van der Waals surface area contributed by atoms with Crippen molar-refractivity contribution in [1.29, 1.82) is 0 Å². The number of nitrogens with one attached hydrogen (secondary N) is 1. The molecular formula is C22H12F2N3NaO6S2. The number of aromatic amines is 1. The third kappa shape index (κ3) is 4.33. The predicted octanol–water partition coefficient (Wildman–Crippen LogP) is -0.417. The number of carboxylic acid groups (broad SMARTS) is 1. The van der Waals surface area contributed by atoms with Gasteiger partial charge in [0.2, 0.25) is 0 Å². The first-order valence-corrected chi connectivity index (χ1v) is 11.5. The van der Waals surface area contributed by atoms with Crippen LogP contribution in [0.5, 0.6) is 11.5 Å². The Hall–Kier alpha value is -3.10. The van der Waals surface area contributed by atoms with Crippen LogP contribution in [0.3, 0.4) is 0 Å². The number of thiophene rings is 1. The van der Waals surface area contributed by atoms with E-state index in [0.29, 0.717) is 21.4 Å². The average Bonchev–Trinajstić information content (AvgIpc) is 3.47. The topological polar surface area (TPSA) is 126 Å². The van der Waals surface area contributed by atoms with E-state index < -0.39 is 39.4 Å². The SMILES string of the molecule is COc1cc(F)c(-n2c(=O)[nH]c3csc(C(=O)[O-])c3c2=O)cc1OCc1c(F)ccc2scnc12.[Na+]. The summed E-state index contributed by atoms with van der Waals surface area (Å²) in [5.41, 5.74) is -0.471. The molecule has 0 aliphatic carbocycles. The Morgan fingerprint density at radius 2 is 1.94 bits per heavy atom. The van der Waals surface area contributed by atoms with E-state index in [1.807, 2.05) is 0 Å². The van der Waals surface area contributed by atoms with Gasteiger partial charge in [-0.05, 0) is 12.1 Å².